The number of hydrogen-bond acceptors (Lipinski definition) is 4. The maximum Gasteiger partial charge on any atom is 0.310 e. The molecule has 0 fully saturated rings. The number of ether oxygens (including phenoxy) is 2. The minimum absolute atomic E-state index is 0.0108. The molecule has 0 radical (unpaired) electrons. The van der Waals surface area contributed by atoms with E-state index in [-0.39, 0.29) is 25.0 Å². The Hall–Kier alpha value is -2.53. The molecular formula is C20H20ClNO4. The first-order chi connectivity index (χ1) is 12.5. The number of carbonyl (C=O) groups excluding carboxylic acids is 2. The van der Waals surface area contributed by atoms with Crippen molar-refractivity contribution in [1.82, 2.24) is 0 Å². The number of carbonyl (C=O) groups is 2. The lowest BCUT2D eigenvalue weighted by molar-refractivity contribution is -0.147. The lowest BCUT2D eigenvalue weighted by atomic mass is 10.1. The fraction of sp³-hybridized carbons (Fsp3) is 0.300. The van der Waals surface area contributed by atoms with E-state index in [1.165, 1.54) is 7.11 Å². The number of esters is 1. The zero-order valence-electron chi connectivity index (χ0n) is 14.7. The van der Waals surface area contributed by atoms with Gasteiger partial charge in [-0.05, 0) is 43.2 Å². The number of benzene rings is 2. The molecule has 0 saturated heterocycles. The van der Waals surface area contributed by atoms with Crippen molar-refractivity contribution < 1.29 is 19.1 Å². The average Bonchev–Trinajstić information content (AvgIpc) is 2.95. The lowest BCUT2D eigenvalue weighted by Gasteiger charge is -2.22. The summed E-state index contributed by atoms with van der Waals surface area (Å²) in [5, 5.41) is 0.507. The van der Waals surface area contributed by atoms with Crippen molar-refractivity contribution in [1.29, 1.82) is 0 Å². The van der Waals surface area contributed by atoms with Gasteiger partial charge in [0.15, 0.2) is 6.61 Å². The number of anilines is 1. The van der Waals surface area contributed by atoms with Crippen LogP contribution in [0.25, 0.3) is 0 Å². The van der Waals surface area contributed by atoms with Gasteiger partial charge in [0, 0.05) is 22.3 Å². The largest absolute Gasteiger partial charge is 0.496 e. The predicted octanol–water partition coefficient (Wildman–Crippen LogP) is 3.41. The normalized spacial score (nSPS) is 15.5. The van der Waals surface area contributed by atoms with E-state index in [0.29, 0.717) is 16.3 Å². The van der Waals surface area contributed by atoms with Gasteiger partial charge in [-0.25, -0.2) is 0 Å². The van der Waals surface area contributed by atoms with Crippen LogP contribution in [-0.4, -0.2) is 31.6 Å². The Kier molecular flexibility index (Phi) is 5.47. The fourth-order valence-corrected chi connectivity index (χ4v) is 3.44. The molecule has 0 N–H and O–H groups in total. The zero-order valence-corrected chi connectivity index (χ0v) is 15.5. The van der Waals surface area contributed by atoms with Crippen LogP contribution in [0.2, 0.25) is 5.02 Å². The summed E-state index contributed by atoms with van der Waals surface area (Å²) in [6.45, 7) is 1.69. The third kappa shape index (κ3) is 3.83. The van der Waals surface area contributed by atoms with Crippen LogP contribution < -0.4 is 9.64 Å². The minimum atomic E-state index is -0.501. The van der Waals surface area contributed by atoms with Gasteiger partial charge in [0.05, 0.1) is 13.5 Å². The highest BCUT2D eigenvalue weighted by Gasteiger charge is 2.30. The topological polar surface area (TPSA) is 55.8 Å². The SMILES string of the molecule is COc1ccc(Cl)cc1CC(=O)OCC(=O)N1c2ccccc2C[C@H]1C. The van der Waals surface area contributed by atoms with Crippen LogP contribution in [-0.2, 0) is 27.2 Å². The van der Waals surface area contributed by atoms with Gasteiger partial charge in [-0.3, -0.25) is 9.59 Å². The van der Waals surface area contributed by atoms with Gasteiger partial charge >= 0.3 is 5.97 Å². The third-order valence-corrected chi connectivity index (χ3v) is 4.64. The van der Waals surface area contributed by atoms with E-state index in [9.17, 15) is 9.59 Å². The van der Waals surface area contributed by atoms with Crippen molar-refractivity contribution in [3.63, 3.8) is 0 Å². The summed E-state index contributed by atoms with van der Waals surface area (Å²) in [5.41, 5.74) is 2.64. The zero-order chi connectivity index (χ0) is 18.7. The Morgan fingerprint density at radius 3 is 2.77 bits per heavy atom. The first-order valence-electron chi connectivity index (χ1n) is 8.37. The molecule has 0 saturated carbocycles. The number of rotatable bonds is 5. The molecule has 5 nitrogen and oxygen atoms in total. The molecule has 6 heteroatoms. The van der Waals surface area contributed by atoms with E-state index >= 15 is 0 Å². The Bertz CT molecular complexity index is 836. The molecule has 0 unspecified atom stereocenters. The van der Waals surface area contributed by atoms with Gasteiger partial charge in [0.1, 0.15) is 5.75 Å². The molecule has 0 aromatic heterocycles. The van der Waals surface area contributed by atoms with Crippen molar-refractivity contribution in [3.05, 3.63) is 58.6 Å². The van der Waals surface area contributed by atoms with Crippen molar-refractivity contribution >= 4 is 29.2 Å². The Balaban J connectivity index is 1.62. The number of para-hydroxylation sites is 1. The Morgan fingerprint density at radius 2 is 2.00 bits per heavy atom. The summed E-state index contributed by atoms with van der Waals surface area (Å²) in [5.74, 6) is -0.173. The number of amides is 1. The molecule has 1 aliphatic heterocycles. The van der Waals surface area contributed by atoms with Crippen LogP contribution in [0.3, 0.4) is 0 Å². The second kappa shape index (κ2) is 7.79. The van der Waals surface area contributed by atoms with E-state index in [0.717, 1.165) is 17.7 Å². The average molecular weight is 374 g/mol. The maximum atomic E-state index is 12.6. The molecule has 2 aromatic carbocycles. The molecule has 3 rings (SSSR count). The molecule has 1 amide bonds. The number of methoxy groups -OCH3 is 1. The summed E-state index contributed by atoms with van der Waals surface area (Å²) in [6.07, 6.45) is 0.790. The fourth-order valence-electron chi connectivity index (χ4n) is 3.25. The van der Waals surface area contributed by atoms with Gasteiger partial charge in [-0.2, -0.15) is 0 Å². The van der Waals surface area contributed by atoms with Crippen LogP contribution in [0, 0.1) is 0 Å². The van der Waals surface area contributed by atoms with E-state index in [4.69, 9.17) is 21.1 Å². The van der Waals surface area contributed by atoms with Gasteiger partial charge in [-0.1, -0.05) is 29.8 Å². The molecular weight excluding hydrogens is 354 g/mol. The number of nitrogens with zero attached hydrogens (tertiary/aromatic N) is 1. The van der Waals surface area contributed by atoms with Crippen molar-refractivity contribution in [2.45, 2.75) is 25.8 Å². The summed E-state index contributed by atoms with van der Waals surface area (Å²) < 4.78 is 10.4. The molecule has 136 valence electrons. The third-order valence-electron chi connectivity index (χ3n) is 4.41. The highest BCUT2D eigenvalue weighted by molar-refractivity contribution is 6.30. The van der Waals surface area contributed by atoms with Gasteiger partial charge in [0.2, 0.25) is 0 Å². The molecule has 1 aliphatic rings. The Morgan fingerprint density at radius 1 is 1.23 bits per heavy atom. The molecule has 26 heavy (non-hydrogen) atoms. The van der Waals surface area contributed by atoms with Gasteiger partial charge < -0.3 is 14.4 Å². The lowest BCUT2D eigenvalue weighted by Crippen LogP contribution is -2.38. The van der Waals surface area contributed by atoms with E-state index in [1.807, 2.05) is 31.2 Å². The second-order valence-electron chi connectivity index (χ2n) is 6.24. The first kappa shape index (κ1) is 18.3. The maximum absolute atomic E-state index is 12.6. The monoisotopic (exact) mass is 373 g/mol. The molecule has 1 atom stereocenters. The predicted molar refractivity (Wildman–Crippen MR) is 99.8 cm³/mol. The number of halogens is 1. The van der Waals surface area contributed by atoms with Crippen LogP contribution in [0.4, 0.5) is 5.69 Å². The standard InChI is InChI=1S/C20H20ClNO4/c1-13-9-14-5-3-4-6-17(14)22(13)19(23)12-26-20(24)11-15-10-16(21)7-8-18(15)25-2/h3-8,10,13H,9,11-12H2,1-2H3/t13-/m1/s1. The van der Waals surface area contributed by atoms with Gasteiger partial charge in [-0.15, -0.1) is 0 Å². The molecule has 0 bridgehead atoms. The smallest absolute Gasteiger partial charge is 0.310 e. The van der Waals surface area contributed by atoms with E-state index in [2.05, 4.69) is 0 Å². The van der Waals surface area contributed by atoms with Crippen LogP contribution >= 0.6 is 11.6 Å². The number of fused-ring (bicyclic) bond motifs is 1. The molecule has 0 spiro atoms. The van der Waals surface area contributed by atoms with E-state index < -0.39 is 5.97 Å². The molecule has 1 heterocycles. The van der Waals surface area contributed by atoms with Crippen molar-refractivity contribution in [2.24, 2.45) is 0 Å². The summed E-state index contributed by atoms with van der Waals surface area (Å²) in [4.78, 5) is 26.4. The van der Waals surface area contributed by atoms with E-state index in [1.54, 1.807) is 23.1 Å². The summed E-state index contributed by atoms with van der Waals surface area (Å²) in [6, 6.07) is 12.9. The first-order valence-corrected chi connectivity index (χ1v) is 8.75. The van der Waals surface area contributed by atoms with Gasteiger partial charge in [0.25, 0.3) is 5.91 Å². The van der Waals surface area contributed by atoms with Crippen LogP contribution in [0.15, 0.2) is 42.5 Å². The minimum Gasteiger partial charge on any atom is -0.496 e. The van der Waals surface area contributed by atoms with Crippen LogP contribution in [0.5, 0.6) is 5.75 Å². The van der Waals surface area contributed by atoms with Crippen molar-refractivity contribution in [3.8, 4) is 5.75 Å². The Labute approximate surface area is 157 Å². The van der Waals surface area contributed by atoms with Crippen LogP contribution in [0.1, 0.15) is 18.1 Å². The summed E-state index contributed by atoms with van der Waals surface area (Å²) in [7, 11) is 1.52. The molecule has 0 aliphatic carbocycles. The number of hydrogen-bond donors (Lipinski definition) is 0. The highest BCUT2D eigenvalue weighted by Crippen LogP contribution is 2.31. The second-order valence-corrected chi connectivity index (χ2v) is 6.68. The summed E-state index contributed by atoms with van der Waals surface area (Å²) >= 11 is 5.97. The quantitative estimate of drug-likeness (QED) is 0.754. The molecule has 2 aromatic rings. The van der Waals surface area contributed by atoms with Crippen molar-refractivity contribution in [2.75, 3.05) is 18.6 Å². The highest BCUT2D eigenvalue weighted by atomic mass is 35.5.